The molecule has 4 rings (SSSR count). The summed E-state index contributed by atoms with van der Waals surface area (Å²) in [6, 6.07) is 11.2. The van der Waals surface area contributed by atoms with Crippen LogP contribution in [-0.2, 0) is 31.5 Å². The van der Waals surface area contributed by atoms with Gasteiger partial charge in [0, 0.05) is 30.9 Å². The monoisotopic (exact) mass is 387 g/mol. The molecule has 0 saturated carbocycles. The van der Waals surface area contributed by atoms with Gasteiger partial charge in [0.25, 0.3) is 0 Å². The molecular formula is C19H21N3O4S. The van der Waals surface area contributed by atoms with Gasteiger partial charge in [-0.05, 0) is 29.7 Å². The topological polar surface area (TPSA) is 88.6 Å². The molecule has 1 fully saturated rings. The van der Waals surface area contributed by atoms with Gasteiger partial charge >= 0.3 is 0 Å². The highest BCUT2D eigenvalue weighted by Crippen LogP contribution is 2.48. The van der Waals surface area contributed by atoms with E-state index in [-0.39, 0.29) is 5.91 Å². The lowest BCUT2D eigenvalue weighted by molar-refractivity contribution is -0.130. The molecule has 1 saturated heterocycles. The normalized spacial score (nSPS) is 24.2. The summed E-state index contributed by atoms with van der Waals surface area (Å²) in [7, 11) is -3.39. The van der Waals surface area contributed by atoms with Crippen molar-refractivity contribution in [3.63, 3.8) is 0 Å². The van der Waals surface area contributed by atoms with Crippen LogP contribution in [0.5, 0.6) is 0 Å². The number of aromatic nitrogens is 1. The Labute approximate surface area is 158 Å². The van der Waals surface area contributed by atoms with Crippen LogP contribution in [0.4, 0.5) is 5.69 Å². The van der Waals surface area contributed by atoms with Crippen LogP contribution in [0, 0.1) is 0 Å². The van der Waals surface area contributed by atoms with Crippen molar-refractivity contribution >= 4 is 21.6 Å². The smallest absolute Gasteiger partial charge is 0.249 e. The Morgan fingerprint density at radius 1 is 1.33 bits per heavy atom. The van der Waals surface area contributed by atoms with Crippen molar-refractivity contribution < 1.29 is 17.9 Å². The Bertz CT molecular complexity index is 964. The Hall–Kier alpha value is -2.45. The van der Waals surface area contributed by atoms with Gasteiger partial charge in [0.2, 0.25) is 15.9 Å². The summed E-state index contributed by atoms with van der Waals surface area (Å²) in [6.07, 6.45) is 4.44. The number of rotatable bonds is 4. The number of anilines is 1. The molecule has 7 nitrogen and oxygen atoms in total. The third kappa shape index (κ3) is 3.30. The second-order valence-electron chi connectivity index (χ2n) is 7.15. The first-order valence-electron chi connectivity index (χ1n) is 8.74. The molecule has 1 spiro atoms. The van der Waals surface area contributed by atoms with Crippen molar-refractivity contribution in [1.29, 1.82) is 0 Å². The zero-order valence-corrected chi connectivity index (χ0v) is 15.8. The van der Waals surface area contributed by atoms with Crippen molar-refractivity contribution in [2.75, 3.05) is 23.7 Å². The van der Waals surface area contributed by atoms with Crippen molar-refractivity contribution in [3.8, 4) is 0 Å². The van der Waals surface area contributed by atoms with E-state index in [0.717, 1.165) is 11.1 Å². The van der Waals surface area contributed by atoms with E-state index in [0.29, 0.717) is 31.8 Å². The summed E-state index contributed by atoms with van der Waals surface area (Å²) in [6.45, 7) is 1.00. The van der Waals surface area contributed by atoms with Gasteiger partial charge in [0.15, 0.2) is 0 Å². The lowest BCUT2D eigenvalue weighted by atomic mass is 9.80. The number of hydrogen-bond acceptors (Lipinski definition) is 5. The quantitative estimate of drug-likeness (QED) is 0.852. The fourth-order valence-corrected chi connectivity index (χ4v) is 4.88. The minimum atomic E-state index is -3.39. The van der Waals surface area contributed by atoms with E-state index < -0.39 is 21.5 Å². The average molecular weight is 387 g/mol. The molecule has 0 unspecified atom stereocenters. The highest BCUT2D eigenvalue weighted by atomic mass is 32.2. The third-order valence-electron chi connectivity index (χ3n) is 5.21. The molecule has 0 radical (unpaired) electrons. The summed E-state index contributed by atoms with van der Waals surface area (Å²) in [5.74, 6) is -0.189. The van der Waals surface area contributed by atoms with E-state index in [9.17, 15) is 13.2 Å². The van der Waals surface area contributed by atoms with E-state index >= 15 is 0 Å². The minimum Gasteiger partial charge on any atom is -0.367 e. The molecule has 3 heterocycles. The predicted molar refractivity (Wildman–Crippen MR) is 101 cm³/mol. The van der Waals surface area contributed by atoms with Crippen molar-refractivity contribution in [2.24, 2.45) is 0 Å². The zero-order valence-electron chi connectivity index (χ0n) is 15.0. The summed E-state index contributed by atoms with van der Waals surface area (Å²) < 4.78 is 31.6. The van der Waals surface area contributed by atoms with Crippen LogP contribution in [0.15, 0.2) is 48.8 Å². The fourth-order valence-electron chi connectivity index (χ4n) is 3.89. The second kappa shape index (κ2) is 6.61. The Balaban J connectivity index is 1.51. The molecule has 2 aliphatic heterocycles. The molecule has 27 heavy (non-hydrogen) atoms. The van der Waals surface area contributed by atoms with E-state index in [1.807, 2.05) is 30.3 Å². The summed E-state index contributed by atoms with van der Waals surface area (Å²) in [5, 5.41) is 2.88. The van der Waals surface area contributed by atoms with Gasteiger partial charge in [0.05, 0.1) is 18.6 Å². The number of benzene rings is 1. The molecule has 1 aromatic carbocycles. The van der Waals surface area contributed by atoms with Crippen LogP contribution < -0.4 is 9.62 Å². The number of hydrogen-bond donors (Lipinski definition) is 1. The summed E-state index contributed by atoms with van der Waals surface area (Å²) >= 11 is 0. The van der Waals surface area contributed by atoms with E-state index in [4.69, 9.17) is 4.74 Å². The Morgan fingerprint density at radius 3 is 2.89 bits per heavy atom. The molecule has 1 aromatic heterocycles. The van der Waals surface area contributed by atoms with Crippen LogP contribution in [0.2, 0.25) is 0 Å². The van der Waals surface area contributed by atoms with Gasteiger partial charge in [-0.15, -0.1) is 0 Å². The molecule has 1 N–H and O–H groups in total. The molecule has 2 atom stereocenters. The van der Waals surface area contributed by atoms with Crippen molar-refractivity contribution in [1.82, 2.24) is 10.3 Å². The van der Waals surface area contributed by atoms with Gasteiger partial charge in [-0.3, -0.25) is 14.1 Å². The summed E-state index contributed by atoms with van der Waals surface area (Å²) in [4.78, 5) is 16.6. The molecule has 1 amide bonds. The van der Waals surface area contributed by atoms with Crippen LogP contribution in [0.3, 0.4) is 0 Å². The molecule has 142 valence electrons. The maximum atomic E-state index is 12.6. The van der Waals surface area contributed by atoms with Gasteiger partial charge in [-0.2, -0.15) is 0 Å². The number of nitrogens with zero attached hydrogens (tertiary/aromatic N) is 2. The maximum absolute atomic E-state index is 12.6. The molecular weight excluding hydrogens is 366 g/mol. The molecule has 8 heteroatoms. The number of para-hydroxylation sites is 1. The van der Waals surface area contributed by atoms with Crippen LogP contribution >= 0.6 is 0 Å². The first-order valence-corrected chi connectivity index (χ1v) is 10.6. The van der Waals surface area contributed by atoms with Crippen LogP contribution in [0.1, 0.15) is 17.5 Å². The number of pyridine rings is 1. The Morgan fingerprint density at radius 2 is 2.15 bits per heavy atom. The standard InChI is InChI=1S/C19H21N3O4S/c1-27(24,25)22-12-19(15-6-2-3-7-16(15)22)9-17(26-13-19)18(23)21-11-14-5-4-8-20-10-14/h2-8,10,17H,9,11-13H2,1H3,(H,21,23)/t17-,19+/m0/s1. The van der Waals surface area contributed by atoms with Gasteiger partial charge in [0.1, 0.15) is 6.10 Å². The molecule has 2 aromatic rings. The van der Waals surface area contributed by atoms with Crippen molar-refractivity contribution in [2.45, 2.75) is 24.5 Å². The van der Waals surface area contributed by atoms with E-state index in [2.05, 4.69) is 10.3 Å². The van der Waals surface area contributed by atoms with E-state index in [1.165, 1.54) is 10.6 Å². The third-order valence-corrected chi connectivity index (χ3v) is 6.34. The SMILES string of the molecule is CS(=O)(=O)N1C[C@]2(CO[C@H](C(=O)NCc3cccnc3)C2)c2ccccc21. The Kier molecular flexibility index (Phi) is 4.39. The summed E-state index contributed by atoms with van der Waals surface area (Å²) in [5.41, 5.74) is 2.03. The van der Waals surface area contributed by atoms with Crippen LogP contribution in [-0.4, -0.2) is 44.8 Å². The lowest BCUT2D eigenvalue weighted by Gasteiger charge is -2.23. The minimum absolute atomic E-state index is 0.189. The number of sulfonamides is 1. The number of ether oxygens (including phenoxy) is 1. The van der Waals surface area contributed by atoms with Crippen LogP contribution in [0.25, 0.3) is 0 Å². The fraction of sp³-hybridized carbons (Fsp3) is 0.368. The van der Waals surface area contributed by atoms with Gasteiger partial charge < -0.3 is 10.1 Å². The number of carbonyl (C=O) groups excluding carboxylic acids is 1. The number of carbonyl (C=O) groups is 1. The first-order chi connectivity index (χ1) is 12.9. The molecule has 0 aliphatic carbocycles. The first kappa shape index (κ1) is 17.9. The highest BCUT2D eigenvalue weighted by molar-refractivity contribution is 7.92. The molecule has 2 aliphatic rings. The zero-order chi connectivity index (χ0) is 19.1. The average Bonchev–Trinajstić information content (AvgIpc) is 3.24. The molecule has 0 bridgehead atoms. The lowest BCUT2D eigenvalue weighted by Crippen LogP contribution is -2.38. The largest absolute Gasteiger partial charge is 0.367 e. The number of fused-ring (bicyclic) bond motifs is 2. The highest BCUT2D eigenvalue weighted by Gasteiger charge is 2.52. The number of amides is 1. The van der Waals surface area contributed by atoms with Crippen molar-refractivity contribution in [3.05, 3.63) is 59.9 Å². The maximum Gasteiger partial charge on any atom is 0.249 e. The van der Waals surface area contributed by atoms with E-state index in [1.54, 1.807) is 18.5 Å². The predicted octanol–water partition coefficient (Wildman–Crippen LogP) is 1.20. The van der Waals surface area contributed by atoms with Gasteiger partial charge in [-0.25, -0.2) is 8.42 Å². The number of nitrogens with one attached hydrogen (secondary N) is 1. The van der Waals surface area contributed by atoms with Gasteiger partial charge in [-0.1, -0.05) is 24.3 Å². The second-order valence-corrected chi connectivity index (χ2v) is 9.06.